The molecule has 0 atom stereocenters. The Labute approximate surface area is 104 Å². The first-order valence-electron chi connectivity index (χ1n) is 5.02. The Hall–Kier alpha value is -0.990. The van der Waals surface area contributed by atoms with E-state index in [0.29, 0.717) is 28.5 Å². The number of aromatic nitrogens is 1. The second-order valence-electron chi connectivity index (χ2n) is 3.63. The number of fused-ring (bicyclic) bond motifs is 1. The first-order valence-corrected chi connectivity index (χ1v) is 5.93. The maximum atomic E-state index is 12.0. The largest absolute Gasteiger partial charge is 0.618 e. The first-order chi connectivity index (χ1) is 7.66. The van der Waals surface area contributed by atoms with Crippen molar-refractivity contribution in [1.82, 2.24) is 0 Å². The summed E-state index contributed by atoms with van der Waals surface area (Å²) in [5.41, 5.74) is 2.07. The van der Waals surface area contributed by atoms with Gasteiger partial charge in [-0.25, -0.2) is 0 Å². The van der Waals surface area contributed by atoms with E-state index in [4.69, 9.17) is 23.2 Å². The third-order valence-electron chi connectivity index (χ3n) is 2.71. The molecule has 2 aromatic rings. The molecule has 0 saturated carbocycles. The fourth-order valence-electron chi connectivity index (χ4n) is 1.85. The average Bonchev–Trinajstić information content (AvgIpc) is 2.32. The summed E-state index contributed by atoms with van der Waals surface area (Å²) in [6.45, 7) is 1.77. The lowest BCUT2D eigenvalue weighted by molar-refractivity contribution is -0.584. The van der Waals surface area contributed by atoms with Crippen LogP contribution in [0.1, 0.15) is 11.3 Å². The number of nitrogens with zero attached hydrogens (tertiary/aromatic N) is 1. The van der Waals surface area contributed by atoms with Crippen LogP contribution in [0.5, 0.6) is 0 Å². The molecule has 16 heavy (non-hydrogen) atoms. The second kappa shape index (κ2) is 4.48. The molecule has 0 N–H and O–H groups in total. The molecule has 2 nitrogen and oxygen atoms in total. The van der Waals surface area contributed by atoms with Crippen LogP contribution in [0, 0.1) is 12.1 Å². The normalized spacial score (nSPS) is 10.9. The van der Waals surface area contributed by atoms with Gasteiger partial charge in [0.1, 0.15) is 0 Å². The minimum absolute atomic E-state index is 0.457. The molecule has 1 aromatic heterocycles. The maximum absolute atomic E-state index is 12.0. The molecule has 0 fully saturated rings. The zero-order valence-corrected chi connectivity index (χ0v) is 10.3. The third-order valence-corrected chi connectivity index (χ3v) is 3.33. The summed E-state index contributed by atoms with van der Waals surface area (Å²) < 4.78 is 0.920. The summed E-state index contributed by atoms with van der Waals surface area (Å²) in [7, 11) is 0. The average molecular weight is 256 g/mol. The van der Waals surface area contributed by atoms with Crippen molar-refractivity contribution in [2.45, 2.75) is 13.3 Å². The molecule has 84 valence electrons. The number of para-hydroxylation sites is 1. The summed E-state index contributed by atoms with van der Waals surface area (Å²) in [6.07, 6.45) is 0.610. The zero-order chi connectivity index (χ0) is 11.7. The Bertz CT molecular complexity index is 540. The molecular weight excluding hydrogens is 245 g/mol. The smallest absolute Gasteiger partial charge is 0.225 e. The number of benzene rings is 1. The maximum Gasteiger partial charge on any atom is 0.225 e. The van der Waals surface area contributed by atoms with Gasteiger partial charge in [-0.05, 0) is 12.5 Å². The molecule has 1 heterocycles. The molecule has 4 heteroatoms. The predicted octanol–water partition coefficient (Wildman–Crippen LogP) is 3.22. The lowest BCUT2D eigenvalue weighted by Gasteiger charge is -2.11. The Balaban J connectivity index is 2.83. The molecule has 0 saturated heterocycles. The molecule has 0 unspecified atom stereocenters. The second-order valence-corrected chi connectivity index (χ2v) is 4.38. The van der Waals surface area contributed by atoms with Gasteiger partial charge in [0, 0.05) is 24.4 Å². The molecule has 2 rings (SSSR count). The van der Waals surface area contributed by atoms with E-state index in [2.05, 4.69) is 0 Å². The lowest BCUT2D eigenvalue weighted by Crippen LogP contribution is -2.32. The number of hydrogen-bond acceptors (Lipinski definition) is 1. The minimum Gasteiger partial charge on any atom is -0.618 e. The van der Waals surface area contributed by atoms with Gasteiger partial charge < -0.3 is 5.21 Å². The van der Waals surface area contributed by atoms with Crippen LogP contribution in [0.25, 0.3) is 10.9 Å². The van der Waals surface area contributed by atoms with Crippen molar-refractivity contribution in [3.05, 3.63) is 45.8 Å². The van der Waals surface area contributed by atoms with Crippen molar-refractivity contribution in [2.75, 3.05) is 5.88 Å². The molecule has 0 radical (unpaired) electrons. The summed E-state index contributed by atoms with van der Waals surface area (Å²) in [6, 6.07) is 7.32. The van der Waals surface area contributed by atoms with Crippen LogP contribution in [0.4, 0.5) is 0 Å². The molecule has 0 aliphatic carbocycles. The van der Waals surface area contributed by atoms with Crippen LogP contribution in [0.15, 0.2) is 24.3 Å². The van der Waals surface area contributed by atoms with E-state index < -0.39 is 0 Å². The van der Waals surface area contributed by atoms with Gasteiger partial charge in [0.15, 0.2) is 5.69 Å². The van der Waals surface area contributed by atoms with Gasteiger partial charge in [0.25, 0.3) is 0 Å². The van der Waals surface area contributed by atoms with Crippen molar-refractivity contribution in [1.29, 1.82) is 0 Å². The molecule has 0 aliphatic heterocycles. The Morgan fingerprint density at radius 2 is 2.00 bits per heavy atom. The van der Waals surface area contributed by atoms with Gasteiger partial charge in [-0.1, -0.05) is 23.7 Å². The van der Waals surface area contributed by atoms with Crippen molar-refractivity contribution in [3.8, 4) is 0 Å². The standard InChI is InChI=1S/C12H11Cl2NO/c1-8-9(6-7-13)12(14)10-4-2-3-5-11(10)15(8)16/h2-5H,6-7H2,1H3. The number of halogens is 2. The monoisotopic (exact) mass is 255 g/mol. The number of alkyl halides is 1. The Morgan fingerprint density at radius 3 is 2.69 bits per heavy atom. The first kappa shape index (κ1) is 11.5. The fraction of sp³-hybridized carbons (Fsp3) is 0.250. The lowest BCUT2D eigenvalue weighted by atomic mass is 10.1. The highest BCUT2D eigenvalue weighted by molar-refractivity contribution is 6.36. The van der Waals surface area contributed by atoms with E-state index >= 15 is 0 Å². The van der Waals surface area contributed by atoms with Gasteiger partial charge in [-0.3, -0.25) is 0 Å². The van der Waals surface area contributed by atoms with Crippen LogP contribution in [0.2, 0.25) is 5.02 Å². The van der Waals surface area contributed by atoms with Gasteiger partial charge >= 0.3 is 0 Å². The van der Waals surface area contributed by atoms with Crippen molar-refractivity contribution >= 4 is 34.1 Å². The highest BCUT2D eigenvalue weighted by Crippen LogP contribution is 2.27. The van der Waals surface area contributed by atoms with Crippen molar-refractivity contribution in [2.24, 2.45) is 0 Å². The van der Waals surface area contributed by atoms with E-state index in [9.17, 15) is 5.21 Å². The molecule has 1 aromatic carbocycles. The van der Waals surface area contributed by atoms with Crippen LogP contribution in [0.3, 0.4) is 0 Å². The molecule has 0 bridgehead atoms. The van der Waals surface area contributed by atoms with Gasteiger partial charge in [-0.2, -0.15) is 4.73 Å². The Morgan fingerprint density at radius 1 is 1.31 bits per heavy atom. The van der Waals surface area contributed by atoms with Crippen LogP contribution < -0.4 is 4.73 Å². The topological polar surface area (TPSA) is 26.9 Å². The minimum atomic E-state index is 0.457. The number of rotatable bonds is 2. The number of pyridine rings is 1. The quantitative estimate of drug-likeness (QED) is 0.460. The van der Waals surface area contributed by atoms with Crippen LogP contribution in [-0.2, 0) is 6.42 Å². The Kier molecular flexibility index (Phi) is 3.22. The number of hydrogen-bond donors (Lipinski definition) is 0. The van der Waals surface area contributed by atoms with E-state index in [0.717, 1.165) is 15.7 Å². The van der Waals surface area contributed by atoms with Gasteiger partial charge in [-0.15, -0.1) is 11.6 Å². The van der Waals surface area contributed by atoms with Gasteiger partial charge in [0.2, 0.25) is 5.52 Å². The predicted molar refractivity (Wildman–Crippen MR) is 67.1 cm³/mol. The third kappa shape index (κ3) is 1.72. The van der Waals surface area contributed by atoms with Crippen molar-refractivity contribution < 1.29 is 4.73 Å². The molecular formula is C12H11Cl2NO. The summed E-state index contributed by atoms with van der Waals surface area (Å²) in [5.74, 6) is 0.457. The van der Waals surface area contributed by atoms with Gasteiger partial charge in [0.05, 0.1) is 10.4 Å². The van der Waals surface area contributed by atoms with E-state index in [1.165, 1.54) is 0 Å². The summed E-state index contributed by atoms with van der Waals surface area (Å²) in [5, 5.41) is 13.4. The van der Waals surface area contributed by atoms with E-state index in [1.54, 1.807) is 13.0 Å². The fourth-order valence-corrected chi connectivity index (χ4v) is 2.43. The molecule has 0 aliphatic rings. The van der Waals surface area contributed by atoms with Crippen molar-refractivity contribution in [3.63, 3.8) is 0 Å². The highest BCUT2D eigenvalue weighted by atomic mass is 35.5. The molecule has 0 amide bonds. The zero-order valence-electron chi connectivity index (χ0n) is 8.84. The SMILES string of the molecule is Cc1c(CCCl)c(Cl)c2ccccc2[n+]1[O-]. The summed E-state index contributed by atoms with van der Waals surface area (Å²) in [4.78, 5) is 0. The van der Waals surface area contributed by atoms with E-state index in [1.807, 2.05) is 18.2 Å². The van der Waals surface area contributed by atoms with Crippen LogP contribution in [-0.4, -0.2) is 5.88 Å². The van der Waals surface area contributed by atoms with Crippen LogP contribution >= 0.6 is 23.2 Å². The summed E-state index contributed by atoms with van der Waals surface area (Å²) >= 11 is 12.0. The van der Waals surface area contributed by atoms with E-state index in [-0.39, 0.29) is 0 Å². The highest BCUT2D eigenvalue weighted by Gasteiger charge is 2.17. The molecule has 0 spiro atoms.